The van der Waals surface area contributed by atoms with Gasteiger partial charge in [-0.3, -0.25) is 0 Å². The lowest BCUT2D eigenvalue weighted by Crippen LogP contribution is -2.17. The Morgan fingerprint density at radius 1 is 1.06 bits per heavy atom. The van der Waals surface area contributed by atoms with Crippen molar-refractivity contribution in [2.75, 3.05) is 0 Å². The number of aryl methyl sites for hydroxylation is 1. The SMILES string of the molecule is CCc1oc(C(C)O)c(C(F)(F)F)c1C(F)(F)F. The number of alkyl halides is 6. The summed E-state index contributed by atoms with van der Waals surface area (Å²) in [5, 5.41) is 9.11. The van der Waals surface area contributed by atoms with Crippen molar-refractivity contribution in [2.24, 2.45) is 0 Å². The van der Waals surface area contributed by atoms with Gasteiger partial charge in [-0.05, 0) is 6.92 Å². The summed E-state index contributed by atoms with van der Waals surface area (Å²) in [4.78, 5) is 0. The summed E-state index contributed by atoms with van der Waals surface area (Å²) in [6, 6.07) is 0. The van der Waals surface area contributed by atoms with Gasteiger partial charge in [-0.2, -0.15) is 26.3 Å². The quantitative estimate of drug-likeness (QED) is 0.830. The van der Waals surface area contributed by atoms with Crippen molar-refractivity contribution in [2.45, 2.75) is 38.7 Å². The van der Waals surface area contributed by atoms with Gasteiger partial charge in [0.25, 0.3) is 0 Å². The van der Waals surface area contributed by atoms with Crippen LogP contribution in [-0.4, -0.2) is 5.11 Å². The second-order valence-electron chi connectivity index (χ2n) is 3.66. The summed E-state index contributed by atoms with van der Waals surface area (Å²) in [6.07, 6.45) is -12.6. The molecule has 1 rings (SSSR count). The van der Waals surface area contributed by atoms with Gasteiger partial charge >= 0.3 is 12.4 Å². The largest absolute Gasteiger partial charge is 0.462 e. The van der Waals surface area contributed by atoms with E-state index in [-0.39, 0.29) is 6.42 Å². The minimum Gasteiger partial charge on any atom is -0.462 e. The number of hydrogen-bond acceptors (Lipinski definition) is 2. The Balaban J connectivity index is 3.66. The predicted octanol–water partition coefficient (Wildman–Crippen LogP) is 3.93. The number of furan rings is 1. The number of halogens is 6. The minimum atomic E-state index is -5.24. The van der Waals surface area contributed by atoms with Crippen LogP contribution in [0.15, 0.2) is 4.42 Å². The van der Waals surface area contributed by atoms with E-state index in [0.29, 0.717) is 0 Å². The van der Waals surface area contributed by atoms with Gasteiger partial charge < -0.3 is 9.52 Å². The number of hydrogen-bond donors (Lipinski definition) is 1. The first-order valence-corrected chi connectivity index (χ1v) is 4.98. The molecule has 0 fully saturated rings. The van der Waals surface area contributed by atoms with Crippen LogP contribution in [0.25, 0.3) is 0 Å². The first-order chi connectivity index (χ1) is 8.00. The Morgan fingerprint density at radius 2 is 1.50 bits per heavy atom. The summed E-state index contributed by atoms with van der Waals surface area (Å²) in [5.41, 5.74) is -3.80. The Morgan fingerprint density at radius 3 is 1.78 bits per heavy atom. The molecule has 1 N–H and O–H groups in total. The van der Waals surface area contributed by atoms with Crippen molar-refractivity contribution in [3.63, 3.8) is 0 Å². The zero-order valence-electron chi connectivity index (χ0n) is 9.41. The summed E-state index contributed by atoms with van der Waals surface area (Å²) >= 11 is 0. The van der Waals surface area contributed by atoms with E-state index < -0.39 is 41.1 Å². The average Bonchev–Trinajstić information content (AvgIpc) is 2.55. The maximum Gasteiger partial charge on any atom is 0.420 e. The minimum absolute atomic E-state index is 0.357. The maximum absolute atomic E-state index is 12.7. The summed E-state index contributed by atoms with van der Waals surface area (Å²) in [7, 11) is 0. The molecule has 0 aliphatic heterocycles. The van der Waals surface area contributed by atoms with Crippen LogP contribution in [0.4, 0.5) is 26.3 Å². The molecule has 1 aromatic rings. The van der Waals surface area contributed by atoms with Crippen LogP contribution in [0, 0.1) is 0 Å². The lowest BCUT2D eigenvalue weighted by atomic mass is 10.0. The second kappa shape index (κ2) is 4.49. The fourth-order valence-corrected chi connectivity index (χ4v) is 1.62. The van der Waals surface area contributed by atoms with E-state index in [1.165, 1.54) is 6.92 Å². The Kier molecular flexibility index (Phi) is 3.71. The van der Waals surface area contributed by atoms with Crippen LogP contribution in [-0.2, 0) is 18.8 Å². The fraction of sp³-hybridized carbons (Fsp3) is 0.600. The van der Waals surface area contributed by atoms with Crippen LogP contribution < -0.4 is 0 Å². The highest BCUT2D eigenvalue weighted by molar-refractivity contribution is 5.39. The van der Waals surface area contributed by atoms with E-state index >= 15 is 0 Å². The van der Waals surface area contributed by atoms with Crippen molar-refractivity contribution in [3.8, 4) is 0 Å². The third-order valence-electron chi connectivity index (χ3n) is 2.28. The van der Waals surface area contributed by atoms with E-state index in [1.54, 1.807) is 0 Å². The molecular formula is C10H10F6O2. The molecule has 0 aliphatic carbocycles. The van der Waals surface area contributed by atoms with E-state index in [2.05, 4.69) is 4.42 Å². The monoisotopic (exact) mass is 276 g/mol. The molecule has 0 amide bonds. The summed E-state index contributed by atoms with van der Waals surface area (Å²) < 4.78 is 80.5. The molecule has 0 aromatic carbocycles. The zero-order chi connectivity index (χ0) is 14.3. The molecular weight excluding hydrogens is 266 g/mol. The van der Waals surface area contributed by atoms with E-state index in [4.69, 9.17) is 5.11 Å². The van der Waals surface area contributed by atoms with Crippen molar-refractivity contribution in [1.29, 1.82) is 0 Å². The van der Waals surface area contributed by atoms with Gasteiger partial charge in [0.1, 0.15) is 28.8 Å². The highest BCUT2D eigenvalue weighted by Crippen LogP contribution is 2.46. The highest BCUT2D eigenvalue weighted by atomic mass is 19.4. The zero-order valence-corrected chi connectivity index (χ0v) is 9.41. The van der Waals surface area contributed by atoms with Crippen LogP contribution in [0.5, 0.6) is 0 Å². The molecule has 8 heteroatoms. The van der Waals surface area contributed by atoms with Crippen molar-refractivity contribution in [3.05, 3.63) is 22.6 Å². The van der Waals surface area contributed by atoms with Crippen LogP contribution >= 0.6 is 0 Å². The average molecular weight is 276 g/mol. The molecule has 18 heavy (non-hydrogen) atoms. The lowest BCUT2D eigenvalue weighted by molar-refractivity contribution is -0.162. The maximum atomic E-state index is 12.7. The Bertz CT molecular complexity index is 427. The van der Waals surface area contributed by atoms with Gasteiger partial charge in [0.05, 0.1) is 0 Å². The van der Waals surface area contributed by atoms with Crippen molar-refractivity contribution < 1.29 is 35.9 Å². The molecule has 1 heterocycles. The van der Waals surface area contributed by atoms with Gasteiger partial charge in [0.15, 0.2) is 0 Å². The van der Waals surface area contributed by atoms with Gasteiger partial charge in [-0.1, -0.05) is 6.92 Å². The third-order valence-corrected chi connectivity index (χ3v) is 2.28. The molecule has 0 saturated heterocycles. The van der Waals surface area contributed by atoms with Crippen molar-refractivity contribution in [1.82, 2.24) is 0 Å². The Labute approximate surface area is 98.2 Å². The van der Waals surface area contributed by atoms with Crippen LogP contribution in [0.1, 0.15) is 42.6 Å². The molecule has 0 aliphatic rings. The number of rotatable bonds is 2. The predicted molar refractivity (Wildman–Crippen MR) is 48.7 cm³/mol. The van der Waals surface area contributed by atoms with Crippen LogP contribution in [0.2, 0.25) is 0 Å². The molecule has 2 nitrogen and oxygen atoms in total. The van der Waals surface area contributed by atoms with Gasteiger partial charge in [0.2, 0.25) is 0 Å². The van der Waals surface area contributed by atoms with Gasteiger partial charge in [-0.15, -0.1) is 0 Å². The first-order valence-electron chi connectivity index (χ1n) is 4.98. The van der Waals surface area contributed by atoms with E-state index in [0.717, 1.165) is 6.92 Å². The number of aliphatic hydroxyl groups excluding tert-OH is 1. The lowest BCUT2D eigenvalue weighted by Gasteiger charge is -2.13. The molecule has 0 saturated carbocycles. The van der Waals surface area contributed by atoms with E-state index in [9.17, 15) is 26.3 Å². The van der Waals surface area contributed by atoms with Gasteiger partial charge in [-0.25, -0.2) is 0 Å². The molecule has 1 unspecified atom stereocenters. The highest BCUT2D eigenvalue weighted by Gasteiger charge is 2.50. The topological polar surface area (TPSA) is 33.4 Å². The number of aliphatic hydroxyl groups is 1. The fourth-order valence-electron chi connectivity index (χ4n) is 1.62. The van der Waals surface area contributed by atoms with Crippen LogP contribution in [0.3, 0.4) is 0 Å². The third kappa shape index (κ3) is 2.63. The normalized spacial score (nSPS) is 14.9. The molecule has 1 aromatic heterocycles. The molecule has 0 spiro atoms. The molecule has 1 atom stereocenters. The molecule has 0 bridgehead atoms. The Hall–Kier alpha value is -1.18. The molecule has 0 radical (unpaired) electrons. The summed E-state index contributed by atoms with van der Waals surface area (Å²) in [6.45, 7) is 2.15. The van der Waals surface area contributed by atoms with E-state index in [1.807, 2.05) is 0 Å². The second-order valence-corrected chi connectivity index (χ2v) is 3.66. The standard InChI is InChI=1S/C10H10F6O2/c1-3-5-6(9(11,12)13)7(10(14,15)16)8(18-5)4(2)17/h4,17H,3H2,1-2H3. The molecule has 104 valence electrons. The summed E-state index contributed by atoms with van der Waals surface area (Å²) in [5.74, 6) is -1.93. The van der Waals surface area contributed by atoms with Crippen molar-refractivity contribution >= 4 is 0 Å². The first kappa shape index (κ1) is 14.9. The van der Waals surface area contributed by atoms with Gasteiger partial charge in [0, 0.05) is 6.42 Å². The smallest absolute Gasteiger partial charge is 0.420 e.